The second-order valence-corrected chi connectivity index (χ2v) is 5.37. The van der Waals surface area contributed by atoms with E-state index >= 15 is 0 Å². The van der Waals surface area contributed by atoms with Crippen molar-refractivity contribution >= 4 is 11.9 Å². The lowest BCUT2D eigenvalue weighted by molar-refractivity contribution is -0.143. The van der Waals surface area contributed by atoms with Crippen LogP contribution in [0.25, 0.3) is 0 Å². The zero-order valence-corrected chi connectivity index (χ0v) is 14.2. The summed E-state index contributed by atoms with van der Waals surface area (Å²) >= 11 is 0. The van der Waals surface area contributed by atoms with Crippen LogP contribution in [0, 0.1) is 0 Å². The van der Waals surface area contributed by atoms with Gasteiger partial charge in [0.25, 0.3) is 0 Å². The van der Waals surface area contributed by atoms with Gasteiger partial charge in [0.1, 0.15) is 6.54 Å². The maximum absolute atomic E-state index is 12.1. The van der Waals surface area contributed by atoms with Crippen LogP contribution in [0.15, 0.2) is 48.8 Å². The van der Waals surface area contributed by atoms with Gasteiger partial charge in [0, 0.05) is 25.5 Å². The highest BCUT2D eigenvalue weighted by molar-refractivity contribution is 5.83. The Balaban J connectivity index is 1.96. The lowest BCUT2D eigenvalue weighted by Gasteiger charge is -2.21. The zero-order valence-electron chi connectivity index (χ0n) is 14.2. The Morgan fingerprint density at radius 3 is 2.12 bits per heavy atom. The Hall–Kier alpha value is -2.80. The molecule has 7 nitrogen and oxygen atoms in total. The molecule has 0 spiro atoms. The van der Waals surface area contributed by atoms with Crippen molar-refractivity contribution in [1.29, 1.82) is 0 Å². The minimum absolute atomic E-state index is 0.131. The van der Waals surface area contributed by atoms with Gasteiger partial charge >= 0.3 is 5.97 Å². The Kier molecular flexibility index (Phi) is 7.52. The quantitative estimate of drug-likeness (QED) is 0.689. The predicted octanol–water partition coefficient (Wildman–Crippen LogP) is 1.16. The van der Waals surface area contributed by atoms with Gasteiger partial charge in [0.05, 0.1) is 24.5 Å². The van der Waals surface area contributed by atoms with Gasteiger partial charge in [-0.25, -0.2) is 0 Å². The summed E-state index contributed by atoms with van der Waals surface area (Å²) < 4.78 is 4.80. The van der Waals surface area contributed by atoms with E-state index in [0.29, 0.717) is 19.7 Å². The van der Waals surface area contributed by atoms with Gasteiger partial charge in [-0.1, -0.05) is 12.1 Å². The van der Waals surface area contributed by atoms with Crippen molar-refractivity contribution in [3.8, 4) is 0 Å². The topological polar surface area (TPSA) is 84.4 Å². The molecule has 2 heterocycles. The summed E-state index contributed by atoms with van der Waals surface area (Å²) in [7, 11) is 0. The van der Waals surface area contributed by atoms with Crippen molar-refractivity contribution in [1.82, 2.24) is 20.2 Å². The molecule has 2 aromatic heterocycles. The van der Waals surface area contributed by atoms with E-state index < -0.39 is 5.97 Å². The van der Waals surface area contributed by atoms with E-state index in [1.54, 1.807) is 19.3 Å². The maximum atomic E-state index is 12.1. The molecule has 0 aliphatic rings. The fourth-order valence-corrected chi connectivity index (χ4v) is 2.25. The smallest absolute Gasteiger partial charge is 0.325 e. The standard InChI is InChI=1S/C18H22N4O3/c1-2-25-18(24)11-21-17(23)14-22(12-15-7-3-5-9-19-15)13-16-8-4-6-10-20-16/h3-10H,2,11-14H2,1H3,(H,21,23). The van der Waals surface area contributed by atoms with Crippen LogP contribution in [0.5, 0.6) is 0 Å². The van der Waals surface area contributed by atoms with Gasteiger partial charge in [0.15, 0.2) is 0 Å². The summed E-state index contributed by atoms with van der Waals surface area (Å²) in [5.74, 6) is -0.697. The molecule has 25 heavy (non-hydrogen) atoms. The van der Waals surface area contributed by atoms with Gasteiger partial charge in [-0.15, -0.1) is 0 Å². The first-order valence-corrected chi connectivity index (χ1v) is 8.12. The van der Waals surface area contributed by atoms with E-state index in [0.717, 1.165) is 11.4 Å². The molecule has 0 aromatic carbocycles. The molecule has 1 N–H and O–H groups in total. The van der Waals surface area contributed by atoms with E-state index in [2.05, 4.69) is 15.3 Å². The number of pyridine rings is 2. The SMILES string of the molecule is CCOC(=O)CNC(=O)CN(Cc1ccccn1)Cc1ccccn1. The molecular formula is C18H22N4O3. The Morgan fingerprint density at radius 2 is 1.64 bits per heavy atom. The number of nitrogens with zero attached hydrogens (tertiary/aromatic N) is 3. The monoisotopic (exact) mass is 342 g/mol. The Bertz CT molecular complexity index is 623. The number of hydrogen-bond acceptors (Lipinski definition) is 6. The molecule has 0 radical (unpaired) electrons. The number of esters is 1. The normalized spacial score (nSPS) is 10.5. The minimum Gasteiger partial charge on any atom is -0.465 e. The van der Waals surface area contributed by atoms with Crippen LogP contribution in [0.2, 0.25) is 0 Å². The molecule has 0 saturated carbocycles. The van der Waals surface area contributed by atoms with Crippen molar-refractivity contribution in [2.24, 2.45) is 0 Å². The number of carbonyl (C=O) groups excluding carboxylic acids is 2. The van der Waals surface area contributed by atoms with Crippen molar-refractivity contribution in [3.63, 3.8) is 0 Å². The highest BCUT2D eigenvalue weighted by atomic mass is 16.5. The van der Waals surface area contributed by atoms with Crippen molar-refractivity contribution < 1.29 is 14.3 Å². The van der Waals surface area contributed by atoms with E-state index in [1.165, 1.54) is 0 Å². The third-order valence-corrected chi connectivity index (χ3v) is 3.33. The number of hydrogen-bond donors (Lipinski definition) is 1. The van der Waals surface area contributed by atoms with Crippen molar-refractivity contribution in [3.05, 3.63) is 60.2 Å². The van der Waals surface area contributed by atoms with Crippen LogP contribution in [-0.4, -0.2) is 46.4 Å². The van der Waals surface area contributed by atoms with Crippen molar-refractivity contribution in [2.45, 2.75) is 20.0 Å². The summed E-state index contributed by atoms with van der Waals surface area (Å²) in [6, 6.07) is 11.3. The number of carbonyl (C=O) groups is 2. The number of amides is 1. The largest absolute Gasteiger partial charge is 0.465 e. The first kappa shape index (κ1) is 18.5. The van der Waals surface area contributed by atoms with Gasteiger partial charge in [-0.2, -0.15) is 0 Å². The van der Waals surface area contributed by atoms with Crippen molar-refractivity contribution in [2.75, 3.05) is 19.7 Å². The zero-order chi connectivity index (χ0) is 17.9. The Morgan fingerprint density at radius 1 is 1.04 bits per heavy atom. The molecule has 0 aliphatic heterocycles. The average molecular weight is 342 g/mol. The molecule has 0 bridgehead atoms. The third-order valence-electron chi connectivity index (χ3n) is 3.33. The second kappa shape index (κ2) is 10.1. The number of nitrogens with one attached hydrogen (secondary N) is 1. The van der Waals surface area contributed by atoms with Crippen LogP contribution in [0.4, 0.5) is 0 Å². The molecule has 0 unspecified atom stereocenters. The van der Waals surface area contributed by atoms with E-state index in [4.69, 9.17) is 4.74 Å². The fraction of sp³-hybridized carbons (Fsp3) is 0.333. The third kappa shape index (κ3) is 7.09. The molecule has 132 valence electrons. The number of aromatic nitrogens is 2. The summed E-state index contributed by atoms with van der Waals surface area (Å²) in [4.78, 5) is 34.0. The highest BCUT2D eigenvalue weighted by Gasteiger charge is 2.14. The second-order valence-electron chi connectivity index (χ2n) is 5.37. The average Bonchev–Trinajstić information content (AvgIpc) is 2.62. The molecule has 2 rings (SSSR count). The molecule has 0 atom stereocenters. The van der Waals surface area contributed by atoms with Gasteiger partial charge in [-0.05, 0) is 31.2 Å². The predicted molar refractivity (Wildman–Crippen MR) is 92.2 cm³/mol. The number of ether oxygens (including phenoxy) is 1. The summed E-state index contributed by atoms with van der Waals surface area (Å²) in [6.45, 7) is 3.02. The highest BCUT2D eigenvalue weighted by Crippen LogP contribution is 2.06. The first-order chi connectivity index (χ1) is 12.2. The molecule has 2 aromatic rings. The van der Waals surface area contributed by atoms with Gasteiger partial charge in [-0.3, -0.25) is 24.5 Å². The minimum atomic E-state index is -0.447. The fourth-order valence-electron chi connectivity index (χ4n) is 2.25. The van der Waals surface area contributed by atoms with Crippen LogP contribution >= 0.6 is 0 Å². The Labute approximate surface area is 147 Å². The summed E-state index contributed by atoms with van der Waals surface area (Å²) in [5.41, 5.74) is 1.72. The number of rotatable bonds is 9. The molecular weight excluding hydrogens is 320 g/mol. The lowest BCUT2D eigenvalue weighted by atomic mass is 10.3. The first-order valence-electron chi connectivity index (χ1n) is 8.12. The summed E-state index contributed by atoms with van der Waals surface area (Å²) in [6.07, 6.45) is 3.43. The lowest BCUT2D eigenvalue weighted by Crippen LogP contribution is -2.39. The van der Waals surface area contributed by atoms with Crippen LogP contribution in [0.1, 0.15) is 18.3 Å². The molecule has 7 heteroatoms. The van der Waals surface area contributed by atoms with Crippen LogP contribution in [0.3, 0.4) is 0 Å². The molecule has 0 fully saturated rings. The van der Waals surface area contributed by atoms with Crippen LogP contribution in [-0.2, 0) is 27.4 Å². The van der Waals surface area contributed by atoms with Gasteiger partial charge in [0.2, 0.25) is 5.91 Å². The van der Waals surface area contributed by atoms with Gasteiger partial charge < -0.3 is 10.1 Å². The van der Waals surface area contributed by atoms with Crippen LogP contribution < -0.4 is 5.32 Å². The molecule has 1 amide bonds. The molecule has 0 saturated heterocycles. The van der Waals surface area contributed by atoms with E-state index in [-0.39, 0.29) is 19.0 Å². The van der Waals surface area contributed by atoms with E-state index in [1.807, 2.05) is 41.3 Å². The maximum Gasteiger partial charge on any atom is 0.325 e. The van der Waals surface area contributed by atoms with E-state index in [9.17, 15) is 9.59 Å². The summed E-state index contributed by atoms with van der Waals surface area (Å²) in [5, 5.41) is 2.57. The molecule has 0 aliphatic carbocycles.